The molecule has 0 aliphatic carbocycles. The van der Waals surface area contributed by atoms with E-state index in [1.807, 2.05) is 11.6 Å². The minimum atomic E-state index is 0.628. The van der Waals surface area contributed by atoms with Crippen LogP contribution in [0.15, 0.2) is 63.5 Å². The summed E-state index contributed by atoms with van der Waals surface area (Å²) in [6.45, 7) is 0.665. The van der Waals surface area contributed by atoms with E-state index in [0.717, 1.165) is 5.82 Å². The molecule has 6 heteroatoms. The second-order valence-electron chi connectivity index (χ2n) is 5.10. The van der Waals surface area contributed by atoms with Crippen molar-refractivity contribution in [1.29, 1.82) is 0 Å². The molecule has 4 nitrogen and oxygen atoms in total. The summed E-state index contributed by atoms with van der Waals surface area (Å²) >= 11 is 6.12. The molecule has 0 unspecified atom stereocenters. The molecule has 110 valence electrons. The van der Waals surface area contributed by atoms with Gasteiger partial charge in [-0.1, -0.05) is 36.0 Å². The van der Waals surface area contributed by atoms with Gasteiger partial charge in [0.05, 0.1) is 17.9 Å². The molecule has 4 rings (SSSR count). The summed E-state index contributed by atoms with van der Waals surface area (Å²) in [5.74, 6) is 0.890. The first kappa shape index (κ1) is 13.7. The van der Waals surface area contributed by atoms with Crippen molar-refractivity contribution in [3.05, 3.63) is 54.4 Å². The molecule has 0 atom stereocenters. The summed E-state index contributed by atoms with van der Waals surface area (Å²) in [6.07, 6.45) is 0. The van der Waals surface area contributed by atoms with E-state index in [0.29, 0.717) is 11.7 Å². The van der Waals surface area contributed by atoms with Gasteiger partial charge in [-0.15, -0.1) is 22.8 Å². The molecular formula is C16H14N4S2. The number of fused-ring (bicyclic) bond motifs is 2. The van der Waals surface area contributed by atoms with Crippen molar-refractivity contribution in [1.82, 2.24) is 14.8 Å². The molecule has 1 aromatic heterocycles. The lowest BCUT2D eigenvalue weighted by Gasteiger charge is -2.32. The quantitative estimate of drug-likeness (QED) is 0.724. The van der Waals surface area contributed by atoms with Crippen LogP contribution in [0.5, 0.6) is 0 Å². The van der Waals surface area contributed by atoms with Crippen molar-refractivity contribution < 1.29 is 0 Å². The number of para-hydroxylation sites is 2. The van der Waals surface area contributed by atoms with Crippen molar-refractivity contribution >= 4 is 35.8 Å². The summed E-state index contributed by atoms with van der Waals surface area (Å²) in [7, 11) is 1.94. The number of thiol groups is 1. The standard InChI is InChI=1S/C16H14N4S2/c1-19-15(17-18-16(19)21)10-20-11-6-2-4-8-13(11)22-14-9-5-3-7-12(14)20/h2-9H,10H2,1H3,(H,18,21). The highest BCUT2D eigenvalue weighted by Crippen LogP contribution is 2.48. The molecule has 0 amide bonds. The van der Waals surface area contributed by atoms with Crippen LogP contribution in [-0.4, -0.2) is 14.8 Å². The molecule has 0 saturated heterocycles. The van der Waals surface area contributed by atoms with Crippen molar-refractivity contribution in [3.63, 3.8) is 0 Å². The Balaban J connectivity index is 1.82. The largest absolute Gasteiger partial charge is 0.332 e. The molecule has 2 aromatic carbocycles. The number of rotatable bonds is 2. The Morgan fingerprint density at radius 2 is 1.55 bits per heavy atom. The third kappa shape index (κ3) is 2.19. The van der Waals surface area contributed by atoms with Crippen molar-refractivity contribution in [2.45, 2.75) is 21.5 Å². The molecule has 0 saturated carbocycles. The Kier molecular flexibility index (Phi) is 3.35. The van der Waals surface area contributed by atoms with Gasteiger partial charge in [-0.3, -0.25) is 0 Å². The van der Waals surface area contributed by atoms with Crippen molar-refractivity contribution in [2.24, 2.45) is 7.05 Å². The smallest absolute Gasteiger partial charge is 0.187 e. The monoisotopic (exact) mass is 326 g/mol. The summed E-state index contributed by atoms with van der Waals surface area (Å²) in [5.41, 5.74) is 2.41. The SMILES string of the molecule is Cn1c(S)nnc1CN1c2ccccc2Sc2ccccc21. The highest BCUT2D eigenvalue weighted by molar-refractivity contribution is 7.99. The molecule has 0 fully saturated rings. The lowest BCUT2D eigenvalue weighted by Crippen LogP contribution is -2.22. The van der Waals surface area contributed by atoms with E-state index in [-0.39, 0.29) is 0 Å². The van der Waals surface area contributed by atoms with Crippen molar-refractivity contribution in [2.75, 3.05) is 4.90 Å². The van der Waals surface area contributed by atoms with E-state index in [9.17, 15) is 0 Å². The third-order valence-corrected chi connectivity index (χ3v) is 5.29. The summed E-state index contributed by atoms with van der Waals surface area (Å²) in [5, 5.41) is 8.91. The van der Waals surface area contributed by atoms with E-state index in [4.69, 9.17) is 0 Å². The lowest BCUT2D eigenvalue weighted by atomic mass is 10.2. The Morgan fingerprint density at radius 3 is 2.09 bits per heavy atom. The van der Waals surface area contributed by atoms with Crippen LogP contribution in [0.2, 0.25) is 0 Å². The first-order valence-electron chi connectivity index (χ1n) is 6.95. The average Bonchev–Trinajstić information content (AvgIpc) is 2.86. The predicted molar refractivity (Wildman–Crippen MR) is 91.1 cm³/mol. The molecule has 22 heavy (non-hydrogen) atoms. The van der Waals surface area contributed by atoms with Crippen LogP contribution in [0.25, 0.3) is 0 Å². The van der Waals surface area contributed by atoms with Crippen LogP contribution in [0.1, 0.15) is 5.82 Å². The zero-order valence-electron chi connectivity index (χ0n) is 12.0. The number of hydrogen-bond donors (Lipinski definition) is 1. The minimum absolute atomic E-state index is 0.628. The zero-order chi connectivity index (χ0) is 15.1. The molecule has 3 aromatic rings. The fourth-order valence-electron chi connectivity index (χ4n) is 2.58. The number of aromatic nitrogens is 3. The number of nitrogens with zero attached hydrogens (tertiary/aromatic N) is 4. The van der Waals surface area contributed by atoms with E-state index in [2.05, 4.69) is 76.3 Å². The molecule has 0 spiro atoms. The molecule has 0 bridgehead atoms. The number of anilines is 2. The maximum atomic E-state index is 4.31. The number of benzene rings is 2. The van der Waals surface area contributed by atoms with Crippen LogP contribution in [-0.2, 0) is 13.6 Å². The third-order valence-electron chi connectivity index (χ3n) is 3.77. The van der Waals surface area contributed by atoms with Gasteiger partial charge in [0.25, 0.3) is 0 Å². The van der Waals surface area contributed by atoms with E-state index < -0.39 is 0 Å². The van der Waals surface area contributed by atoms with Crippen LogP contribution in [0.4, 0.5) is 11.4 Å². The van der Waals surface area contributed by atoms with Gasteiger partial charge in [0.1, 0.15) is 0 Å². The Labute approximate surface area is 138 Å². The minimum Gasteiger partial charge on any atom is -0.332 e. The zero-order valence-corrected chi connectivity index (χ0v) is 13.7. The summed E-state index contributed by atoms with van der Waals surface area (Å²) in [4.78, 5) is 4.81. The first-order chi connectivity index (χ1) is 10.7. The van der Waals surface area contributed by atoms with E-state index >= 15 is 0 Å². The highest BCUT2D eigenvalue weighted by atomic mass is 32.2. The van der Waals surface area contributed by atoms with Gasteiger partial charge < -0.3 is 9.47 Å². The molecular weight excluding hydrogens is 312 g/mol. The average molecular weight is 326 g/mol. The van der Waals surface area contributed by atoms with Crippen LogP contribution in [0.3, 0.4) is 0 Å². The number of hydrogen-bond acceptors (Lipinski definition) is 5. The van der Waals surface area contributed by atoms with Crippen molar-refractivity contribution in [3.8, 4) is 0 Å². The maximum absolute atomic E-state index is 4.31. The van der Waals surface area contributed by atoms with Gasteiger partial charge in [-0.25, -0.2) is 0 Å². The highest BCUT2D eigenvalue weighted by Gasteiger charge is 2.24. The summed E-state index contributed by atoms with van der Waals surface area (Å²) < 4.78 is 1.91. The van der Waals surface area contributed by atoms with E-state index in [1.54, 1.807) is 11.8 Å². The topological polar surface area (TPSA) is 34.0 Å². The van der Waals surface area contributed by atoms with Gasteiger partial charge >= 0.3 is 0 Å². The molecule has 2 heterocycles. The Hall–Kier alpha value is -1.92. The fourth-order valence-corrected chi connectivity index (χ4v) is 3.84. The van der Waals surface area contributed by atoms with Gasteiger partial charge in [-0.05, 0) is 24.3 Å². The second-order valence-corrected chi connectivity index (χ2v) is 6.58. The van der Waals surface area contributed by atoms with Crippen LogP contribution < -0.4 is 4.90 Å². The molecule has 1 aliphatic rings. The van der Waals surface area contributed by atoms with Crippen LogP contribution >= 0.6 is 24.4 Å². The van der Waals surface area contributed by atoms with Crippen LogP contribution in [0, 0.1) is 0 Å². The lowest BCUT2D eigenvalue weighted by molar-refractivity contribution is 0.725. The fraction of sp³-hybridized carbons (Fsp3) is 0.125. The summed E-state index contributed by atoms with van der Waals surface area (Å²) in [6, 6.07) is 16.9. The Morgan fingerprint density at radius 1 is 0.955 bits per heavy atom. The van der Waals surface area contributed by atoms with E-state index in [1.165, 1.54) is 21.2 Å². The Bertz CT molecular complexity index is 798. The normalized spacial score (nSPS) is 12.9. The van der Waals surface area contributed by atoms with Gasteiger partial charge in [0.2, 0.25) is 0 Å². The van der Waals surface area contributed by atoms with Gasteiger partial charge in [-0.2, -0.15) is 0 Å². The van der Waals surface area contributed by atoms with Gasteiger partial charge in [0.15, 0.2) is 11.0 Å². The predicted octanol–water partition coefficient (Wildman–Crippen LogP) is 3.91. The van der Waals surface area contributed by atoms with Gasteiger partial charge in [0, 0.05) is 16.8 Å². The maximum Gasteiger partial charge on any atom is 0.187 e. The molecule has 0 radical (unpaired) electrons. The molecule has 1 aliphatic heterocycles. The first-order valence-corrected chi connectivity index (χ1v) is 8.21. The molecule has 0 N–H and O–H groups in total. The second kappa shape index (κ2) is 5.37.